The predicted molar refractivity (Wildman–Crippen MR) is 84.9 cm³/mol. The van der Waals surface area contributed by atoms with Crippen molar-refractivity contribution in [3.8, 4) is 0 Å². The van der Waals surface area contributed by atoms with Crippen molar-refractivity contribution in [2.24, 2.45) is 0 Å². The smallest absolute Gasteiger partial charge is 0.223 e. The number of unbranched alkanes of at least 4 members (excludes halogenated alkanes) is 4. The van der Waals surface area contributed by atoms with E-state index in [-0.39, 0.29) is 38.6 Å². The molecule has 0 heterocycles. The first-order valence-corrected chi connectivity index (χ1v) is 7.91. The maximum absolute atomic E-state index is 11.9. The first-order chi connectivity index (χ1) is 9.72. The Morgan fingerprint density at radius 1 is 1.14 bits per heavy atom. The van der Waals surface area contributed by atoms with E-state index >= 15 is 0 Å². The largest absolute Gasteiger partial charge is 0.343 e. The number of hydrogen-bond acceptors (Lipinski definition) is 1. The molecule has 2 nitrogen and oxygen atoms in total. The number of amides is 1. The molecule has 0 bridgehead atoms. The minimum Gasteiger partial charge on any atom is -0.343 e. The molecule has 0 aromatic heterocycles. The topological polar surface area (TPSA) is 20.3 Å². The standard InChI is InChI=1S/C18H26NO.Y/c1-3-4-5-6-7-13-19(15(2)20)18-12-11-16-9-8-10-17(16)14-18;/h11-12,14H,1,3-10,13H2,2H3;/q-1;. The third kappa shape index (κ3) is 5.49. The molecule has 0 atom stereocenters. The summed E-state index contributed by atoms with van der Waals surface area (Å²) in [4.78, 5) is 13.8. The van der Waals surface area contributed by atoms with E-state index in [2.05, 4.69) is 25.1 Å². The number of hydrogen-bond donors (Lipinski definition) is 0. The van der Waals surface area contributed by atoms with E-state index in [0.717, 1.165) is 25.1 Å². The Morgan fingerprint density at radius 3 is 2.57 bits per heavy atom. The van der Waals surface area contributed by atoms with Gasteiger partial charge in [0.25, 0.3) is 0 Å². The maximum atomic E-state index is 11.9. The molecule has 0 saturated carbocycles. The molecule has 0 fully saturated rings. The fourth-order valence-corrected chi connectivity index (χ4v) is 2.99. The number of carbonyl (C=O) groups is 1. The third-order valence-electron chi connectivity index (χ3n) is 4.16. The summed E-state index contributed by atoms with van der Waals surface area (Å²) in [6.07, 6.45) is 9.31. The summed E-state index contributed by atoms with van der Waals surface area (Å²) in [7, 11) is 0. The van der Waals surface area contributed by atoms with E-state index in [9.17, 15) is 4.79 Å². The molecule has 0 aliphatic heterocycles. The summed E-state index contributed by atoms with van der Waals surface area (Å²) in [6, 6.07) is 6.54. The summed E-state index contributed by atoms with van der Waals surface area (Å²) in [5.74, 6) is 0.153. The molecule has 2 rings (SSSR count). The van der Waals surface area contributed by atoms with E-state index in [1.165, 1.54) is 49.7 Å². The van der Waals surface area contributed by atoms with Gasteiger partial charge in [0.2, 0.25) is 5.91 Å². The molecule has 1 amide bonds. The van der Waals surface area contributed by atoms with Gasteiger partial charge in [-0.15, -0.1) is 0 Å². The number of aryl methyl sites for hydroxylation is 2. The average Bonchev–Trinajstić information content (AvgIpc) is 2.89. The van der Waals surface area contributed by atoms with Crippen LogP contribution in [0.15, 0.2) is 18.2 Å². The van der Waals surface area contributed by atoms with Crippen LogP contribution in [0.1, 0.15) is 56.6 Å². The van der Waals surface area contributed by atoms with Crippen LogP contribution in [0, 0.1) is 6.92 Å². The Balaban J connectivity index is 0.00000220. The number of carbonyl (C=O) groups excluding carboxylic acids is 1. The number of nitrogens with zero attached hydrogens (tertiary/aromatic N) is 1. The van der Waals surface area contributed by atoms with Gasteiger partial charge in [0.05, 0.1) is 0 Å². The van der Waals surface area contributed by atoms with Gasteiger partial charge in [-0.3, -0.25) is 4.79 Å². The Hall–Kier alpha value is -0.206. The van der Waals surface area contributed by atoms with Crippen LogP contribution in [0.4, 0.5) is 5.69 Å². The SMILES string of the molecule is [CH2-]CCCCCCN(C(C)=O)c1ccc2c(c1)CCC2.[Y]. The van der Waals surface area contributed by atoms with E-state index in [0.29, 0.717) is 0 Å². The summed E-state index contributed by atoms with van der Waals surface area (Å²) in [6.45, 7) is 6.37. The van der Waals surface area contributed by atoms with Crippen molar-refractivity contribution in [1.29, 1.82) is 0 Å². The van der Waals surface area contributed by atoms with Crippen LogP contribution < -0.4 is 4.90 Å². The Kier molecular flexibility index (Phi) is 8.74. The van der Waals surface area contributed by atoms with Crippen LogP contribution in [-0.4, -0.2) is 12.5 Å². The van der Waals surface area contributed by atoms with Crippen molar-refractivity contribution in [3.63, 3.8) is 0 Å². The first kappa shape index (κ1) is 18.8. The minimum absolute atomic E-state index is 0. The first-order valence-electron chi connectivity index (χ1n) is 7.91. The van der Waals surface area contributed by atoms with Crippen molar-refractivity contribution in [1.82, 2.24) is 0 Å². The molecular weight excluding hydrogens is 335 g/mol. The van der Waals surface area contributed by atoms with Crippen molar-refractivity contribution >= 4 is 11.6 Å². The van der Waals surface area contributed by atoms with Crippen LogP contribution in [-0.2, 0) is 50.3 Å². The van der Waals surface area contributed by atoms with Gasteiger partial charge in [-0.05, 0) is 48.9 Å². The molecule has 0 spiro atoms. The molecule has 1 aliphatic rings. The van der Waals surface area contributed by atoms with Crippen LogP contribution in [0.25, 0.3) is 0 Å². The molecule has 21 heavy (non-hydrogen) atoms. The van der Waals surface area contributed by atoms with Gasteiger partial charge in [0.1, 0.15) is 0 Å². The van der Waals surface area contributed by atoms with E-state index in [1.54, 1.807) is 6.92 Å². The van der Waals surface area contributed by atoms with Crippen molar-refractivity contribution in [2.75, 3.05) is 11.4 Å². The molecule has 0 unspecified atom stereocenters. The molecule has 3 heteroatoms. The Morgan fingerprint density at radius 2 is 1.86 bits per heavy atom. The van der Waals surface area contributed by atoms with Gasteiger partial charge in [-0.1, -0.05) is 25.3 Å². The monoisotopic (exact) mass is 361 g/mol. The second kappa shape index (κ2) is 9.74. The molecule has 1 radical (unpaired) electrons. The average molecular weight is 361 g/mol. The van der Waals surface area contributed by atoms with E-state index in [1.807, 2.05) is 4.90 Å². The molecule has 1 aromatic rings. The summed E-state index contributed by atoms with van der Waals surface area (Å²) in [5.41, 5.74) is 3.98. The van der Waals surface area contributed by atoms with Crippen LogP contribution >= 0.6 is 0 Å². The molecule has 0 saturated heterocycles. The number of benzene rings is 1. The van der Waals surface area contributed by atoms with E-state index < -0.39 is 0 Å². The van der Waals surface area contributed by atoms with Crippen LogP contribution in [0.2, 0.25) is 0 Å². The van der Waals surface area contributed by atoms with Crippen molar-refractivity contribution in [3.05, 3.63) is 36.2 Å². The van der Waals surface area contributed by atoms with Gasteiger partial charge in [0, 0.05) is 51.9 Å². The second-order valence-corrected chi connectivity index (χ2v) is 5.74. The fourth-order valence-electron chi connectivity index (χ4n) is 2.99. The number of anilines is 1. The molecule has 113 valence electrons. The minimum atomic E-state index is 0. The van der Waals surface area contributed by atoms with Gasteiger partial charge in [-0.2, -0.15) is 6.42 Å². The van der Waals surface area contributed by atoms with E-state index in [4.69, 9.17) is 0 Å². The number of fused-ring (bicyclic) bond motifs is 1. The van der Waals surface area contributed by atoms with Gasteiger partial charge >= 0.3 is 0 Å². The normalized spacial score (nSPS) is 12.7. The molecule has 0 N–H and O–H groups in total. The van der Waals surface area contributed by atoms with Gasteiger partial charge in [-0.25, -0.2) is 0 Å². The van der Waals surface area contributed by atoms with Crippen molar-refractivity contribution in [2.45, 2.75) is 58.3 Å². The molecular formula is C18H26NOY-. The quantitative estimate of drug-likeness (QED) is 0.524. The second-order valence-electron chi connectivity index (χ2n) is 5.74. The van der Waals surface area contributed by atoms with Crippen LogP contribution in [0.5, 0.6) is 0 Å². The Bertz CT molecular complexity index is 459. The zero-order chi connectivity index (χ0) is 14.4. The Labute approximate surface area is 154 Å². The zero-order valence-corrected chi connectivity index (χ0v) is 16.1. The van der Waals surface area contributed by atoms with Gasteiger partial charge < -0.3 is 11.8 Å². The third-order valence-corrected chi connectivity index (χ3v) is 4.16. The summed E-state index contributed by atoms with van der Waals surface area (Å²) in [5, 5.41) is 0. The van der Waals surface area contributed by atoms with Gasteiger partial charge in [0.15, 0.2) is 0 Å². The maximum Gasteiger partial charge on any atom is 0.223 e. The van der Waals surface area contributed by atoms with Crippen molar-refractivity contribution < 1.29 is 37.5 Å². The molecule has 1 aromatic carbocycles. The molecule has 1 aliphatic carbocycles. The number of rotatable bonds is 7. The van der Waals surface area contributed by atoms with Crippen LogP contribution in [0.3, 0.4) is 0 Å². The predicted octanol–water partition coefficient (Wildman–Crippen LogP) is 4.31. The summed E-state index contributed by atoms with van der Waals surface area (Å²) < 4.78 is 0. The summed E-state index contributed by atoms with van der Waals surface area (Å²) >= 11 is 0. The zero-order valence-electron chi connectivity index (χ0n) is 13.2. The fraction of sp³-hybridized carbons (Fsp3) is 0.556.